The van der Waals surface area contributed by atoms with Crippen molar-refractivity contribution in [3.63, 3.8) is 0 Å². The van der Waals surface area contributed by atoms with Crippen molar-refractivity contribution in [3.05, 3.63) is 48.0 Å². The number of hydrogen-bond donors (Lipinski definition) is 3. The lowest BCUT2D eigenvalue weighted by Crippen LogP contribution is -2.11. The second kappa shape index (κ2) is 6.62. The summed E-state index contributed by atoms with van der Waals surface area (Å²) >= 11 is 0. The number of benzene rings is 2. The number of nitrogens with zero attached hydrogens (tertiary/aromatic N) is 2. The lowest BCUT2D eigenvalue weighted by Gasteiger charge is -2.09. The van der Waals surface area contributed by atoms with Crippen molar-refractivity contribution in [2.45, 2.75) is 26.2 Å². The second-order valence-electron chi connectivity index (χ2n) is 5.61. The minimum absolute atomic E-state index is 0.207. The summed E-state index contributed by atoms with van der Waals surface area (Å²) in [5.74, 6) is 6.29. The molecule has 118 valence electrons. The fourth-order valence-corrected chi connectivity index (χ4v) is 2.68. The Hall–Kier alpha value is -2.66. The number of nitrogen functional groups attached to an aromatic ring is 2. The van der Waals surface area contributed by atoms with E-state index in [4.69, 9.17) is 11.6 Å². The Morgan fingerprint density at radius 1 is 1.00 bits per heavy atom. The molecule has 0 aliphatic heterocycles. The molecular weight excluding hydrogens is 286 g/mol. The van der Waals surface area contributed by atoms with Crippen molar-refractivity contribution in [3.8, 4) is 11.1 Å². The van der Waals surface area contributed by atoms with Gasteiger partial charge in [0.1, 0.15) is 0 Å². The maximum Gasteiger partial charge on any atom is 0.222 e. The fourth-order valence-electron chi connectivity index (χ4n) is 2.68. The minimum Gasteiger partial charge on any atom is -0.368 e. The maximum atomic E-state index is 5.69. The molecule has 0 bridgehead atoms. The number of anilines is 2. The van der Waals surface area contributed by atoms with Crippen LogP contribution in [0.25, 0.3) is 22.0 Å². The quantitative estimate of drug-likeness (QED) is 0.496. The second-order valence-corrected chi connectivity index (χ2v) is 5.61. The molecule has 0 radical (unpaired) electrons. The Balaban J connectivity index is 1.98. The van der Waals surface area contributed by atoms with E-state index in [1.165, 1.54) is 18.4 Å². The van der Waals surface area contributed by atoms with Crippen LogP contribution in [0.5, 0.6) is 0 Å². The third-order valence-corrected chi connectivity index (χ3v) is 3.96. The van der Waals surface area contributed by atoms with Crippen LogP contribution in [-0.2, 0) is 6.42 Å². The minimum atomic E-state index is 0.207. The molecule has 5 nitrogen and oxygen atoms in total. The molecule has 3 rings (SSSR count). The molecule has 5 N–H and O–H groups in total. The van der Waals surface area contributed by atoms with Gasteiger partial charge < -0.3 is 11.2 Å². The maximum absolute atomic E-state index is 5.69. The van der Waals surface area contributed by atoms with Crippen LogP contribution in [-0.4, -0.2) is 9.97 Å². The van der Waals surface area contributed by atoms with E-state index in [9.17, 15) is 0 Å². The third-order valence-electron chi connectivity index (χ3n) is 3.96. The highest BCUT2D eigenvalue weighted by Gasteiger charge is 2.07. The summed E-state index contributed by atoms with van der Waals surface area (Å²) < 4.78 is 0. The normalized spacial score (nSPS) is 10.9. The molecule has 1 heterocycles. The molecule has 0 spiro atoms. The van der Waals surface area contributed by atoms with Crippen molar-refractivity contribution >= 4 is 22.7 Å². The zero-order chi connectivity index (χ0) is 16.2. The van der Waals surface area contributed by atoms with Gasteiger partial charge in [-0.2, -0.15) is 4.98 Å². The SMILES string of the molecule is CCCCc1ccc(-c2ccc3nc(N)nc(NN)c3c2)cc1. The van der Waals surface area contributed by atoms with Crippen molar-refractivity contribution in [2.24, 2.45) is 5.84 Å². The van der Waals surface area contributed by atoms with Gasteiger partial charge >= 0.3 is 0 Å². The molecule has 0 amide bonds. The van der Waals surface area contributed by atoms with Gasteiger partial charge in [-0.05, 0) is 41.7 Å². The number of rotatable bonds is 5. The summed E-state index contributed by atoms with van der Waals surface area (Å²) in [6, 6.07) is 14.7. The first-order valence-electron chi connectivity index (χ1n) is 7.84. The summed E-state index contributed by atoms with van der Waals surface area (Å²) in [6.45, 7) is 2.21. The number of aryl methyl sites for hydroxylation is 1. The van der Waals surface area contributed by atoms with Gasteiger partial charge in [0.05, 0.1) is 5.52 Å². The molecule has 2 aromatic carbocycles. The van der Waals surface area contributed by atoms with Gasteiger partial charge in [0.15, 0.2) is 5.82 Å². The molecule has 0 aliphatic carbocycles. The van der Waals surface area contributed by atoms with Gasteiger partial charge in [-0.3, -0.25) is 0 Å². The Labute approximate surface area is 135 Å². The van der Waals surface area contributed by atoms with E-state index in [2.05, 4.69) is 46.6 Å². The van der Waals surface area contributed by atoms with E-state index >= 15 is 0 Å². The Morgan fingerprint density at radius 2 is 1.74 bits per heavy atom. The first kappa shape index (κ1) is 15.2. The van der Waals surface area contributed by atoms with Gasteiger partial charge in [0, 0.05) is 5.39 Å². The average Bonchev–Trinajstić information content (AvgIpc) is 2.59. The van der Waals surface area contributed by atoms with E-state index in [-0.39, 0.29) is 5.95 Å². The molecular formula is C18H21N5. The molecule has 3 aromatic rings. The third kappa shape index (κ3) is 3.24. The Morgan fingerprint density at radius 3 is 2.43 bits per heavy atom. The Kier molecular flexibility index (Phi) is 4.39. The van der Waals surface area contributed by atoms with Crippen LogP contribution in [0.2, 0.25) is 0 Å². The van der Waals surface area contributed by atoms with E-state index in [0.29, 0.717) is 5.82 Å². The number of unbranched alkanes of at least 4 members (excludes halogenated alkanes) is 1. The van der Waals surface area contributed by atoms with Crippen molar-refractivity contribution < 1.29 is 0 Å². The fraction of sp³-hybridized carbons (Fsp3) is 0.222. The molecule has 0 saturated heterocycles. The smallest absolute Gasteiger partial charge is 0.222 e. The molecule has 0 fully saturated rings. The highest BCUT2D eigenvalue weighted by atomic mass is 15.3. The molecule has 0 aliphatic rings. The number of hydrazine groups is 1. The summed E-state index contributed by atoms with van der Waals surface area (Å²) in [5.41, 5.74) is 12.7. The number of nitrogens with one attached hydrogen (secondary N) is 1. The number of nitrogens with two attached hydrogens (primary N) is 2. The molecule has 1 aromatic heterocycles. The van der Waals surface area contributed by atoms with Gasteiger partial charge in [-0.25, -0.2) is 10.8 Å². The number of fused-ring (bicyclic) bond motifs is 1. The standard InChI is InChI=1S/C18H21N5/c1-2-3-4-12-5-7-13(8-6-12)14-9-10-16-15(11-14)17(23-20)22-18(19)21-16/h5-11H,2-4,20H2,1H3,(H3,19,21,22,23). The van der Waals surface area contributed by atoms with Crippen LogP contribution in [0.4, 0.5) is 11.8 Å². The molecule has 0 unspecified atom stereocenters. The van der Waals surface area contributed by atoms with Crippen molar-refractivity contribution in [1.82, 2.24) is 9.97 Å². The first-order chi connectivity index (χ1) is 11.2. The predicted octanol–water partition coefficient (Wildman–Crippen LogP) is 3.51. The van der Waals surface area contributed by atoms with Crippen LogP contribution >= 0.6 is 0 Å². The van der Waals surface area contributed by atoms with E-state index in [0.717, 1.165) is 28.5 Å². The van der Waals surface area contributed by atoms with E-state index in [1.54, 1.807) is 0 Å². The summed E-state index contributed by atoms with van der Waals surface area (Å²) in [4.78, 5) is 8.37. The Bertz CT molecular complexity index is 812. The van der Waals surface area contributed by atoms with Gasteiger partial charge in [-0.15, -0.1) is 0 Å². The highest BCUT2D eigenvalue weighted by molar-refractivity contribution is 5.93. The van der Waals surface area contributed by atoms with Crippen LogP contribution in [0.3, 0.4) is 0 Å². The van der Waals surface area contributed by atoms with E-state index < -0.39 is 0 Å². The van der Waals surface area contributed by atoms with E-state index in [1.807, 2.05) is 18.2 Å². The molecule has 23 heavy (non-hydrogen) atoms. The average molecular weight is 307 g/mol. The largest absolute Gasteiger partial charge is 0.368 e. The molecule has 0 atom stereocenters. The zero-order valence-electron chi connectivity index (χ0n) is 13.2. The van der Waals surface area contributed by atoms with Crippen molar-refractivity contribution in [2.75, 3.05) is 11.2 Å². The summed E-state index contributed by atoms with van der Waals surface area (Å²) in [5, 5.41) is 0.856. The lowest BCUT2D eigenvalue weighted by atomic mass is 10.0. The summed E-state index contributed by atoms with van der Waals surface area (Å²) in [7, 11) is 0. The summed E-state index contributed by atoms with van der Waals surface area (Å²) in [6.07, 6.45) is 3.56. The van der Waals surface area contributed by atoms with Crippen LogP contribution < -0.4 is 17.0 Å². The van der Waals surface area contributed by atoms with Crippen LogP contribution in [0.15, 0.2) is 42.5 Å². The topological polar surface area (TPSA) is 89.8 Å². The monoisotopic (exact) mass is 307 g/mol. The highest BCUT2D eigenvalue weighted by Crippen LogP contribution is 2.27. The van der Waals surface area contributed by atoms with Crippen LogP contribution in [0, 0.1) is 0 Å². The number of hydrogen-bond acceptors (Lipinski definition) is 5. The van der Waals surface area contributed by atoms with Crippen LogP contribution in [0.1, 0.15) is 25.3 Å². The number of aromatic nitrogens is 2. The predicted molar refractivity (Wildman–Crippen MR) is 95.8 cm³/mol. The lowest BCUT2D eigenvalue weighted by molar-refractivity contribution is 0.795. The van der Waals surface area contributed by atoms with Gasteiger partial charge in [-0.1, -0.05) is 43.7 Å². The zero-order valence-corrected chi connectivity index (χ0v) is 13.2. The van der Waals surface area contributed by atoms with Crippen molar-refractivity contribution in [1.29, 1.82) is 0 Å². The van der Waals surface area contributed by atoms with Gasteiger partial charge in [0.25, 0.3) is 0 Å². The molecule has 5 heteroatoms. The van der Waals surface area contributed by atoms with Gasteiger partial charge in [0.2, 0.25) is 5.95 Å². The molecule has 0 saturated carbocycles. The first-order valence-corrected chi connectivity index (χ1v) is 7.84.